The zero-order valence-corrected chi connectivity index (χ0v) is 14.6. The van der Waals surface area contributed by atoms with E-state index in [0.29, 0.717) is 25.4 Å². The van der Waals surface area contributed by atoms with Crippen molar-refractivity contribution in [3.8, 4) is 11.5 Å². The molecule has 2 heterocycles. The first-order valence-corrected chi connectivity index (χ1v) is 8.32. The van der Waals surface area contributed by atoms with E-state index in [2.05, 4.69) is 10.3 Å². The maximum absolute atomic E-state index is 12.5. The van der Waals surface area contributed by atoms with E-state index in [1.807, 2.05) is 29.2 Å². The average molecular weight is 341 g/mol. The maximum Gasteiger partial charge on any atom is 0.236 e. The van der Waals surface area contributed by atoms with Crippen LogP contribution in [0.2, 0.25) is 0 Å². The molecule has 6 nitrogen and oxygen atoms in total. The highest BCUT2D eigenvalue weighted by Gasteiger charge is 2.22. The van der Waals surface area contributed by atoms with Crippen LogP contribution in [0.3, 0.4) is 0 Å². The van der Waals surface area contributed by atoms with E-state index < -0.39 is 0 Å². The van der Waals surface area contributed by atoms with Crippen molar-refractivity contribution < 1.29 is 14.3 Å². The number of methoxy groups -OCH3 is 2. The van der Waals surface area contributed by atoms with E-state index >= 15 is 0 Å². The van der Waals surface area contributed by atoms with Gasteiger partial charge in [-0.2, -0.15) is 0 Å². The molecule has 6 heteroatoms. The van der Waals surface area contributed by atoms with Gasteiger partial charge >= 0.3 is 0 Å². The van der Waals surface area contributed by atoms with E-state index in [1.54, 1.807) is 26.6 Å². The minimum Gasteiger partial charge on any atom is -0.493 e. The van der Waals surface area contributed by atoms with Crippen LogP contribution in [0.4, 0.5) is 0 Å². The number of amides is 1. The first kappa shape index (κ1) is 17.2. The summed E-state index contributed by atoms with van der Waals surface area (Å²) in [5.41, 5.74) is 3.45. The third-order valence-corrected chi connectivity index (χ3v) is 4.43. The van der Waals surface area contributed by atoms with Gasteiger partial charge in [-0.05, 0) is 47.4 Å². The van der Waals surface area contributed by atoms with Gasteiger partial charge in [-0.1, -0.05) is 0 Å². The van der Waals surface area contributed by atoms with E-state index in [9.17, 15) is 4.79 Å². The Morgan fingerprint density at radius 3 is 2.52 bits per heavy atom. The van der Waals surface area contributed by atoms with Gasteiger partial charge in [0.25, 0.3) is 0 Å². The molecular weight excluding hydrogens is 318 g/mol. The Morgan fingerprint density at radius 1 is 1.16 bits per heavy atom. The Kier molecular flexibility index (Phi) is 5.50. The fourth-order valence-electron chi connectivity index (χ4n) is 3.02. The molecule has 0 saturated heterocycles. The molecule has 1 aliphatic rings. The first-order valence-electron chi connectivity index (χ1n) is 8.32. The molecule has 1 amide bonds. The van der Waals surface area contributed by atoms with Crippen LogP contribution in [0.5, 0.6) is 11.5 Å². The predicted octanol–water partition coefficient (Wildman–Crippen LogP) is 1.77. The normalized spacial score (nSPS) is 13.3. The lowest BCUT2D eigenvalue weighted by molar-refractivity contribution is -0.131. The van der Waals surface area contributed by atoms with Crippen LogP contribution >= 0.6 is 0 Å². The highest BCUT2D eigenvalue weighted by atomic mass is 16.5. The van der Waals surface area contributed by atoms with E-state index in [0.717, 1.165) is 29.8 Å². The number of hydrogen-bond donors (Lipinski definition) is 1. The number of fused-ring (bicyclic) bond motifs is 1. The Labute approximate surface area is 147 Å². The van der Waals surface area contributed by atoms with Crippen LogP contribution in [0.1, 0.15) is 16.7 Å². The first-order chi connectivity index (χ1) is 12.2. The molecule has 0 atom stereocenters. The number of benzene rings is 1. The lowest BCUT2D eigenvalue weighted by atomic mass is 9.98. The molecule has 1 aromatic carbocycles. The third kappa shape index (κ3) is 4.09. The number of nitrogens with one attached hydrogen (secondary N) is 1. The molecule has 132 valence electrons. The predicted molar refractivity (Wildman–Crippen MR) is 94.6 cm³/mol. The number of carbonyl (C=O) groups is 1. The fraction of sp³-hybridized carbons (Fsp3) is 0.368. The largest absolute Gasteiger partial charge is 0.493 e. The molecular formula is C19H23N3O3. The smallest absolute Gasteiger partial charge is 0.236 e. The lowest BCUT2D eigenvalue weighted by Crippen LogP contribution is -2.41. The zero-order valence-electron chi connectivity index (χ0n) is 14.6. The second-order valence-electron chi connectivity index (χ2n) is 6.00. The number of ether oxygens (including phenoxy) is 2. The monoisotopic (exact) mass is 341 g/mol. The summed E-state index contributed by atoms with van der Waals surface area (Å²) in [6.07, 6.45) is 4.33. The molecule has 2 aromatic rings. The lowest BCUT2D eigenvalue weighted by Gasteiger charge is -2.29. The van der Waals surface area contributed by atoms with Crippen molar-refractivity contribution in [3.63, 3.8) is 0 Å². The van der Waals surface area contributed by atoms with Gasteiger partial charge in [-0.15, -0.1) is 0 Å². The van der Waals surface area contributed by atoms with E-state index in [1.165, 1.54) is 5.56 Å². The highest BCUT2D eigenvalue weighted by molar-refractivity contribution is 5.78. The van der Waals surface area contributed by atoms with E-state index in [-0.39, 0.29) is 5.91 Å². The molecule has 1 N–H and O–H groups in total. The second kappa shape index (κ2) is 7.98. The summed E-state index contributed by atoms with van der Waals surface area (Å²) in [5, 5.41) is 3.20. The molecule has 3 rings (SSSR count). The molecule has 0 aliphatic carbocycles. The highest BCUT2D eigenvalue weighted by Crippen LogP contribution is 2.33. The van der Waals surface area contributed by atoms with Gasteiger partial charge in [0.05, 0.1) is 20.8 Å². The number of carbonyl (C=O) groups excluding carboxylic acids is 1. The standard InChI is InChI=1S/C19H23N3O3/c1-24-17-9-15-5-8-22(13-16(15)10-18(17)25-2)19(23)12-21-11-14-3-6-20-7-4-14/h3-4,6-7,9-10,21H,5,8,11-13H2,1-2H3. The molecule has 25 heavy (non-hydrogen) atoms. The van der Waals surface area contributed by atoms with Gasteiger partial charge in [-0.3, -0.25) is 9.78 Å². The van der Waals surface area contributed by atoms with Crippen molar-refractivity contribution in [1.29, 1.82) is 0 Å². The summed E-state index contributed by atoms with van der Waals surface area (Å²) < 4.78 is 10.7. The number of rotatable bonds is 6. The third-order valence-electron chi connectivity index (χ3n) is 4.43. The van der Waals surface area contributed by atoms with Crippen molar-refractivity contribution in [1.82, 2.24) is 15.2 Å². The van der Waals surface area contributed by atoms with Gasteiger partial charge in [0.1, 0.15) is 0 Å². The SMILES string of the molecule is COc1cc2c(cc1OC)CN(C(=O)CNCc1ccncc1)CC2. The quantitative estimate of drug-likeness (QED) is 0.868. The Balaban J connectivity index is 1.59. The number of nitrogens with zero attached hydrogens (tertiary/aromatic N) is 2. The molecule has 0 fully saturated rings. The number of hydrogen-bond acceptors (Lipinski definition) is 5. The molecule has 0 saturated carbocycles. The van der Waals surface area contributed by atoms with Gasteiger partial charge in [0.2, 0.25) is 5.91 Å². The van der Waals surface area contributed by atoms with Crippen LogP contribution in [0, 0.1) is 0 Å². The van der Waals surface area contributed by atoms with Crippen molar-refractivity contribution in [2.45, 2.75) is 19.5 Å². The van der Waals surface area contributed by atoms with Gasteiger partial charge < -0.3 is 19.7 Å². The fourth-order valence-corrected chi connectivity index (χ4v) is 3.02. The topological polar surface area (TPSA) is 63.7 Å². The number of aromatic nitrogens is 1. The molecule has 1 aliphatic heterocycles. The molecule has 0 radical (unpaired) electrons. The summed E-state index contributed by atoms with van der Waals surface area (Å²) in [5.74, 6) is 1.54. The summed E-state index contributed by atoms with van der Waals surface area (Å²) in [6.45, 7) is 2.30. The van der Waals surface area contributed by atoms with Crippen molar-refractivity contribution >= 4 is 5.91 Å². The van der Waals surface area contributed by atoms with Crippen LogP contribution < -0.4 is 14.8 Å². The minimum absolute atomic E-state index is 0.106. The Bertz CT molecular complexity index is 734. The summed E-state index contributed by atoms with van der Waals surface area (Å²) in [7, 11) is 3.26. The van der Waals surface area contributed by atoms with Crippen LogP contribution in [0.25, 0.3) is 0 Å². The minimum atomic E-state index is 0.106. The van der Waals surface area contributed by atoms with Gasteiger partial charge in [0, 0.05) is 32.0 Å². The summed E-state index contributed by atoms with van der Waals surface area (Å²) >= 11 is 0. The second-order valence-corrected chi connectivity index (χ2v) is 6.00. The van der Waals surface area contributed by atoms with Gasteiger partial charge in [-0.25, -0.2) is 0 Å². The molecule has 0 bridgehead atoms. The Hall–Kier alpha value is -2.60. The van der Waals surface area contributed by atoms with Crippen molar-refractivity contribution in [3.05, 3.63) is 53.3 Å². The Morgan fingerprint density at radius 2 is 1.84 bits per heavy atom. The molecule has 0 spiro atoms. The van der Waals surface area contributed by atoms with Crippen LogP contribution in [-0.4, -0.2) is 43.1 Å². The van der Waals surface area contributed by atoms with Gasteiger partial charge in [0.15, 0.2) is 11.5 Å². The van der Waals surface area contributed by atoms with Crippen LogP contribution in [-0.2, 0) is 24.3 Å². The average Bonchev–Trinajstić information content (AvgIpc) is 2.67. The molecule has 1 aromatic heterocycles. The van der Waals surface area contributed by atoms with Crippen molar-refractivity contribution in [2.24, 2.45) is 0 Å². The van der Waals surface area contributed by atoms with Crippen LogP contribution in [0.15, 0.2) is 36.7 Å². The molecule has 0 unspecified atom stereocenters. The zero-order chi connectivity index (χ0) is 17.6. The summed E-state index contributed by atoms with van der Waals surface area (Å²) in [4.78, 5) is 18.3. The maximum atomic E-state index is 12.5. The van der Waals surface area contributed by atoms with E-state index in [4.69, 9.17) is 9.47 Å². The van der Waals surface area contributed by atoms with Crippen molar-refractivity contribution in [2.75, 3.05) is 27.3 Å². The summed E-state index contributed by atoms with van der Waals surface area (Å²) in [6, 6.07) is 7.86. The number of pyridine rings is 1.